The fourth-order valence-electron chi connectivity index (χ4n) is 4.38. The van der Waals surface area contributed by atoms with Crippen molar-refractivity contribution in [3.05, 3.63) is 70.3 Å². The minimum atomic E-state index is -4.38. The highest BCUT2D eigenvalue weighted by Gasteiger charge is 2.35. The summed E-state index contributed by atoms with van der Waals surface area (Å²) in [5.74, 6) is 0.818. The van der Waals surface area contributed by atoms with Crippen molar-refractivity contribution in [2.75, 3.05) is 36.0 Å². The van der Waals surface area contributed by atoms with Crippen LogP contribution in [0, 0.1) is 6.92 Å². The van der Waals surface area contributed by atoms with Crippen molar-refractivity contribution in [3.63, 3.8) is 0 Å². The minimum Gasteiger partial charge on any atom is -0.367 e. The molecule has 33 heavy (non-hydrogen) atoms. The fraction of sp³-hybridized carbons (Fsp3) is 0.250. The van der Waals surface area contributed by atoms with Gasteiger partial charge in [0.25, 0.3) is 0 Å². The van der Waals surface area contributed by atoms with Gasteiger partial charge in [0.15, 0.2) is 0 Å². The Morgan fingerprint density at radius 3 is 2.27 bits per heavy atom. The Balaban J connectivity index is 1.47. The van der Waals surface area contributed by atoms with Gasteiger partial charge in [0, 0.05) is 47.3 Å². The van der Waals surface area contributed by atoms with Crippen LogP contribution in [0.2, 0.25) is 5.02 Å². The molecule has 170 valence electrons. The Hall–Kier alpha value is -2.84. The average molecular weight is 489 g/mol. The highest BCUT2D eigenvalue weighted by atomic mass is 35.5. The highest BCUT2D eigenvalue weighted by Crippen LogP contribution is 2.42. The monoisotopic (exact) mass is 488 g/mol. The molecule has 2 aromatic heterocycles. The molecule has 4 aromatic rings. The first-order chi connectivity index (χ1) is 15.8. The number of rotatable bonds is 3. The number of hydrogen-bond donors (Lipinski definition) is 0. The SMILES string of the molecule is Cc1sc2ncnc(N3CCN(c4ccccc4C(F)(F)F)CC3)c2c1-c1ccc(Cl)cc1. The molecule has 0 saturated carbocycles. The number of fused-ring (bicyclic) bond motifs is 1. The number of piperazine rings is 1. The minimum absolute atomic E-state index is 0.228. The number of halogens is 4. The van der Waals surface area contributed by atoms with Crippen molar-refractivity contribution >= 4 is 44.7 Å². The molecule has 4 nitrogen and oxygen atoms in total. The lowest BCUT2D eigenvalue weighted by Crippen LogP contribution is -2.47. The number of hydrogen-bond acceptors (Lipinski definition) is 5. The van der Waals surface area contributed by atoms with E-state index in [1.165, 1.54) is 6.07 Å². The summed E-state index contributed by atoms with van der Waals surface area (Å²) >= 11 is 7.69. The van der Waals surface area contributed by atoms with E-state index in [1.807, 2.05) is 24.3 Å². The number of aryl methyl sites for hydroxylation is 1. The van der Waals surface area contributed by atoms with Crippen LogP contribution in [-0.2, 0) is 6.18 Å². The van der Waals surface area contributed by atoms with E-state index in [0.717, 1.165) is 38.1 Å². The number of thiophene rings is 1. The van der Waals surface area contributed by atoms with Gasteiger partial charge >= 0.3 is 6.18 Å². The van der Waals surface area contributed by atoms with Gasteiger partial charge in [0.1, 0.15) is 17.0 Å². The van der Waals surface area contributed by atoms with E-state index in [1.54, 1.807) is 34.7 Å². The third-order valence-electron chi connectivity index (χ3n) is 5.91. The predicted molar refractivity (Wildman–Crippen MR) is 128 cm³/mol. The summed E-state index contributed by atoms with van der Waals surface area (Å²) in [6.07, 6.45) is -2.82. The van der Waals surface area contributed by atoms with Crippen LogP contribution in [0.5, 0.6) is 0 Å². The van der Waals surface area contributed by atoms with Crippen LogP contribution < -0.4 is 9.80 Å². The maximum Gasteiger partial charge on any atom is 0.418 e. The second-order valence-electron chi connectivity index (χ2n) is 7.91. The van der Waals surface area contributed by atoms with Gasteiger partial charge in [0.05, 0.1) is 10.9 Å². The first kappa shape index (κ1) is 22.0. The molecular weight excluding hydrogens is 469 g/mol. The quantitative estimate of drug-likeness (QED) is 0.322. The van der Waals surface area contributed by atoms with E-state index in [2.05, 4.69) is 21.8 Å². The molecule has 1 fully saturated rings. The first-order valence-corrected chi connectivity index (χ1v) is 11.7. The zero-order valence-corrected chi connectivity index (χ0v) is 19.3. The molecule has 0 unspecified atom stereocenters. The molecule has 0 bridgehead atoms. The number of anilines is 2. The van der Waals surface area contributed by atoms with E-state index in [-0.39, 0.29) is 5.69 Å². The lowest BCUT2D eigenvalue weighted by Gasteiger charge is -2.38. The zero-order chi connectivity index (χ0) is 23.2. The second-order valence-corrected chi connectivity index (χ2v) is 9.55. The van der Waals surface area contributed by atoms with Gasteiger partial charge in [-0.05, 0) is 36.8 Å². The van der Waals surface area contributed by atoms with Crippen molar-refractivity contribution in [1.82, 2.24) is 9.97 Å². The largest absolute Gasteiger partial charge is 0.418 e. The predicted octanol–water partition coefficient (Wildman–Crippen LogP) is 6.67. The maximum atomic E-state index is 13.5. The molecule has 0 atom stereocenters. The van der Waals surface area contributed by atoms with Crippen LogP contribution >= 0.6 is 22.9 Å². The van der Waals surface area contributed by atoms with Crippen molar-refractivity contribution in [3.8, 4) is 11.1 Å². The van der Waals surface area contributed by atoms with Crippen molar-refractivity contribution in [1.29, 1.82) is 0 Å². The van der Waals surface area contributed by atoms with Crippen LogP contribution in [0.3, 0.4) is 0 Å². The molecule has 1 aliphatic rings. The molecule has 0 aliphatic carbocycles. The van der Waals surface area contributed by atoms with Gasteiger partial charge < -0.3 is 9.80 Å². The molecule has 0 spiro atoms. The van der Waals surface area contributed by atoms with Crippen molar-refractivity contribution in [2.24, 2.45) is 0 Å². The topological polar surface area (TPSA) is 32.3 Å². The van der Waals surface area contributed by atoms with E-state index in [0.29, 0.717) is 31.2 Å². The molecule has 5 rings (SSSR count). The summed E-state index contributed by atoms with van der Waals surface area (Å²) in [4.78, 5) is 15.1. The van der Waals surface area contributed by atoms with E-state index < -0.39 is 11.7 Å². The molecule has 9 heteroatoms. The Kier molecular flexibility index (Phi) is 5.66. The van der Waals surface area contributed by atoms with E-state index in [4.69, 9.17) is 11.6 Å². The average Bonchev–Trinajstić information content (AvgIpc) is 3.15. The van der Waals surface area contributed by atoms with Gasteiger partial charge in [0.2, 0.25) is 0 Å². The summed E-state index contributed by atoms with van der Waals surface area (Å²) in [5, 5.41) is 1.65. The third-order valence-corrected chi connectivity index (χ3v) is 7.17. The number of para-hydroxylation sites is 1. The number of alkyl halides is 3. The number of benzene rings is 2. The van der Waals surface area contributed by atoms with Crippen LogP contribution in [0.1, 0.15) is 10.4 Å². The van der Waals surface area contributed by atoms with Gasteiger partial charge in [-0.25, -0.2) is 9.97 Å². The van der Waals surface area contributed by atoms with Crippen LogP contribution in [0.15, 0.2) is 54.9 Å². The van der Waals surface area contributed by atoms with E-state index >= 15 is 0 Å². The number of aromatic nitrogens is 2. The fourth-order valence-corrected chi connectivity index (χ4v) is 5.51. The van der Waals surface area contributed by atoms with Crippen LogP contribution in [0.4, 0.5) is 24.7 Å². The summed E-state index contributed by atoms with van der Waals surface area (Å²) in [5.41, 5.74) is 1.75. The number of nitrogens with zero attached hydrogens (tertiary/aromatic N) is 4. The van der Waals surface area contributed by atoms with E-state index in [9.17, 15) is 13.2 Å². The van der Waals surface area contributed by atoms with Gasteiger partial charge in [-0.1, -0.05) is 35.9 Å². The molecule has 0 amide bonds. The molecule has 2 aromatic carbocycles. The summed E-state index contributed by atoms with van der Waals surface area (Å²) in [7, 11) is 0. The normalized spacial score (nSPS) is 14.8. The highest BCUT2D eigenvalue weighted by molar-refractivity contribution is 7.19. The van der Waals surface area contributed by atoms with Crippen molar-refractivity contribution in [2.45, 2.75) is 13.1 Å². The third kappa shape index (κ3) is 4.13. The molecule has 1 aliphatic heterocycles. The smallest absolute Gasteiger partial charge is 0.367 e. The zero-order valence-electron chi connectivity index (χ0n) is 17.7. The Bertz CT molecular complexity index is 1300. The maximum absolute atomic E-state index is 13.5. The van der Waals surface area contributed by atoms with Gasteiger partial charge in [-0.3, -0.25) is 0 Å². The molecule has 0 N–H and O–H groups in total. The van der Waals surface area contributed by atoms with Crippen LogP contribution in [-0.4, -0.2) is 36.1 Å². The van der Waals surface area contributed by atoms with Gasteiger partial charge in [-0.15, -0.1) is 11.3 Å². The standard InChI is InChI=1S/C24H20ClF3N4S/c1-15-20(16-6-8-17(25)9-7-16)21-22(29-14-30-23(21)33-15)32-12-10-31(11-13-32)19-5-3-2-4-18(19)24(26,27)28/h2-9,14H,10-13H2,1H3. The molecule has 0 radical (unpaired) electrons. The Morgan fingerprint density at radius 1 is 0.909 bits per heavy atom. The Morgan fingerprint density at radius 2 is 1.58 bits per heavy atom. The first-order valence-electron chi connectivity index (χ1n) is 10.5. The Labute approximate surface area is 198 Å². The summed E-state index contributed by atoms with van der Waals surface area (Å²) < 4.78 is 40.5. The molecule has 1 saturated heterocycles. The lowest BCUT2D eigenvalue weighted by atomic mass is 10.0. The second kappa shape index (κ2) is 8.50. The van der Waals surface area contributed by atoms with Crippen molar-refractivity contribution < 1.29 is 13.2 Å². The van der Waals surface area contributed by atoms with Gasteiger partial charge in [-0.2, -0.15) is 13.2 Å². The molecule has 3 heterocycles. The summed E-state index contributed by atoms with van der Waals surface area (Å²) in [6.45, 7) is 4.13. The lowest BCUT2D eigenvalue weighted by molar-refractivity contribution is -0.137. The summed E-state index contributed by atoms with van der Waals surface area (Å²) in [6, 6.07) is 13.5. The van der Waals surface area contributed by atoms with Crippen LogP contribution in [0.25, 0.3) is 21.3 Å². The molecular formula is C24H20ClF3N4S.